The third-order valence-corrected chi connectivity index (χ3v) is 13.6. The van der Waals surface area contributed by atoms with Gasteiger partial charge in [-0.25, -0.2) is 13.1 Å². The average molecular weight is 689 g/mol. The summed E-state index contributed by atoms with van der Waals surface area (Å²) in [7, 11) is -2.32. The summed E-state index contributed by atoms with van der Waals surface area (Å²) in [6.07, 6.45) is 6.53. The zero-order valence-corrected chi connectivity index (χ0v) is 29.4. The first-order chi connectivity index (χ1) is 22.4. The Morgan fingerprint density at radius 1 is 1.09 bits per heavy atom. The second-order valence-corrected chi connectivity index (χ2v) is 16.9. The van der Waals surface area contributed by atoms with Gasteiger partial charge in [0.25, 0.3) is 5.91 Å². The number of nitrogens with one attached hydrogen (secondary N) is 1. The van der Waals surface area contributed by atoms with Crippen LogP contribution in [0.15, 0.2) is 36.4 Å². The molecule has 2 N–H and O–H groups in total. The zero-order chi connectivity index (χ0) is 33.4. The van der Waals surface area contributed by atoms with Crippen molar-refractivity contribution < 1.29 is 32.5 Å². The van der Waals surface area contributed by atoms with Crippen molar-refractivity contribution in [2.24, 2.45) is 17.8 Å². The summed E-state index contributed by atoms with van der Waals surface area (Å²) in [5.41, 5.74) is 2.18. The van der Waals surface area contributed by atoms with E-state index in [0.29, 0.717) is 57.9 Å². The Balaban J connectivity index is 1.40. The van der Waals surface area contributed by atoms with Crippen LogP contribution in [-0.4, -0.2) is 76.9 Å². The minimum atomic E-state index is -3.95. The molecule has 2 bridgehead atoms. The minimum absolute atomic E-state index is 0.0157. The van der Waals surface area contributed by atoms with Gasteiger partial charge in [0.05, 0.1) is 43.0 Å². The number of hydrogen-bond acceptors (Lipinski definition) is 8. The molecule has 0 saturated heterocycles. The molecule has 1 fully saturated rings. The highest BCUT2D eigenvalue weighted by Crippen LogP contribution is 2.49. The third kappa shape index (κ3) is 7.04. The number of carbonyl (C=O) groups is 1. The molecule has 6 rings (SSSR count). The number of halogens is 1. The fraction of sp³-hybridized carbons (Fsp3) is 0.639. The number of rotatable bonds is 5. The first-order valence-corrected chi connectivity index (χ1v) is 19.0. The Bertz CT molecular complexity index is 1570. The van der Waals surface area contributed by atoms with Crippen LogP contribution < -0.4 is 14.4 Å². The molecule has 9 nitrogen and oxygen atoms in total. The van der Waals surface area contributed by atoms with Gasteiger partial charge in [0.2, 0.25) is 10.0 Å². The first kappa shape index (κ1) is 34.5. The largest absolute Gasteiger partial charge is 0.490 e. The molecular weight excluding hydrogens is 640 g/mol. The number of methoxy groups -OCH3 is 1. The topological polar surface area (TPSA) is 114 Å². The van der Waals surface area contributed by atoms with E-state index in [-0.39, 0.29) is 35.3 Å². The maximum absolute atomic E-state index is 13.5. The molecule has 1 saturated carbocycles. The number of benzene rings is 2. The molecule has 11 heteroatoms. The molecule has 6 atom stereocenters. The van der Waals surface area contributed by atoms with Crippen LogP contribution in [0.1, 0.15) is 80.3 Å². The maximum Gasteiger partial charge on any atom is 0.264 e. The Kier molecular flexibility index (Phi) is 10.2. The van der Waals surface area contributed by atoms with Crippen molar-refractivity contribution in [3.63, 3.8) is 0 Å². The summed E-state index contributed by atoms with van der Waals surface area (Å²) in [5.74, 6) is 0.0230. The normalized spacial score (nSPS) is 32.3. The number of fused-ring (bicyclic) bond motifs is 4. The number of carbonyl (C=O) groups excluding carboxylic acids is 1. The van der Waals surface area contributed by atoms with E-state index in [0.717, 1.165) is 42.8 Å². The van der Waals surface area contributed by atoms with Gasteiger partial charge in [0.1, 0.15) is 5.75 Å². The van der Waals surface area contributed by atoms with Crippen LogP contribution in [0.3, 0.4) is 0 Å². The van der Waals surface area contributed by atoms with Gasteiger partial charge in [0, 0.05) is 36.2 Å². The number of hydrogen-bond donors (Lipinski definition) is 2. The highest BCUT2D eigenvalue weighted by Gasteiger charge is 2.49. The van der Waals surface area contributed by atoms with Gasteiger partial charge in [0.15, 0.2) is 0 Å². The molecule has 2 heterocycles. The molecule has 2 aliphatic carbocycles. The van der Waals surface area contributed by atoms with Crippen molar-refractivity contribution in [3.05, 3.63) is 58.1 Å². The molecule has 2 aromatic carbocycles. The van der Waals surface area contributed by atoms with E-state index in [2.05, 4.69) is 21.8 Å². The summed E-state index contributed by atoms with van der Waals surface area (Å²) in [6.45, 7) is 6.40. The van der Waals surface area contributed by atoms with Gasteiger partial charge in [-0.2, -0.15) is 0 Å². The highest BCUT2D eigenvalue weighted by atomic mass is 35.5. The second kappa shape index (κ2) is 13.9. The predicted molar refractivity (Wildman–Crippen MR) is 183 cm³/mol. The Labute approximate surface area is 284 Å². The Morgan fingerprint density at radius 3 is 2.68 bits per heavy atom. The van der Waals surface area contributed by atoms with Gasteiger partial charge in [-0.05, 0) is 111 Å². The van der Waals surface area contributed by atoms with Crippen molar-refractivity contribution in [3.8, 4) is 5.75 Å². The van der Waals surface area contributed by atoms with Gasteiger partial charge in [-0.15, -0.1) is 0 Å². The maximum atomic E-state index is 13.5. The zero-order valence-electron chi connectivity index (χ0n) is 27.8. The molecule has 258 valence electrons. The van der Waals surface area contributed by atoms with Gasteiger partial charge in [-0.3, -0.25) is 4.79 Å². The van der Waals surface area contributed by atoms with Gasteiger partial charge < -0.3 is 24.2 Å². The van der Waals surface area contributed by atoms with Crippen molar-refractivity contribution in [1.29, 1.82) is 0 Å². The monoisotopic (exact) mass is 688 g/mol. The van der Waals surface area contributed by atoms with Crippen LogP contribution in [0.25, 0.3) is 0 Å². The van der Waals surface area contributed by atoms with E-state index in [9.17, 15) is 18.3 Å². The molecule has 0 unspecified atom stereocenters. The summed E-state index contributed by atoms with van der Waals surface area (Å²) in [4.78, 5) is 15.8. The van der Waals surface area contributed by atoms with E-state index in [1.807, 2.05) is 13.0 Å². The molecule has 47 heavy (non-hydrogen) atoms. The minimum Gasteiger partial charge on any atom is -0.490 e. The Morgan fingerprint density at radius 2 is 1.91 bits per heavy atom. The molecule has 0 aromatic heterocycles. The lowest BCUT2D eigenvalue weighted by Gasteiger charge is -2.50. The van der Waals surface area contributed by atoms with Crippen LogP contribution in [-0.2, 0) is 31.3 Å². The van der Waals surface area contributed by atoms with Crippen molar-refractivity contribution >= 4 is 33.2 Å². The molecule has 1 amide bonds. The van der Waals surface area contributed by atoms with Crippen LogP contribution in [0, 0.1) is 17.8 Å². The molecule has 2 aromatic rings. The quantitative estimate of drug-likeness (QED) is 0.396. The standard InChI is InChI=1S/C36H49ClN2O7S/c1-24-6-4-15-36(41,23-45-17-16-44-3)31-11-8-28(31)20-39-21-35(14-5-7-26-18-29(37)10-12-30(26)35)22-46-33-13-9-27(19-32(33)39)34(40)38-47(42,43)25(24)2/h9-10,12-13,18-19,24-25,28,31,41H,4-8,11,14-17,20-23H2,1-3H3,(H,38,40)/t24-,25+,28-,31+,35-,36-/m0/s1. The van der Waals surface area contributed by atoms with Gasteiger partial charge >= 0.3 is 0 Å². The number of aryl methyl sites for hydroxylation is 1. The summed E-state index contributed by atoms with van der Waals surface area (Å²) < 4.78 is 46.9. The fourth-order valence-corrected chi connectivity index (χ4v) is 9.85. The summed E-state index contributed by atoms with van der Waals surface area (Å²) in [5, 5.41) is 12.2. The number of anilines is 1. The molecule has 2 aliphatic heterocycles. The smallest absolute Gasteiger partial charge is 0.264 e. The lowest BCUT2D eigenvalue weighted by atomic mass is 9.63. The van der Waals surface area contributed by atoms with E-state index in [1.165, 1.54) is 11.1 Å². The van der Waals surface area contributed by atoms with Crippen molar-refractivity contribution in [2.45, 2.75) is 81.5 Å². The van der Waals surface area contributed by atoms with E-state index in [4.69, 9.17) is 25.8 Å². The fourth-order valence-electron chi connectivity index (χ4n) is 8.34. The summed E-state index contributed by atoms with van der Waals surface area (Å²) in [6, 6.07) is 11.4. The number of amides is 1. The average Bonchev–Trinajstić information content (AvgIpc) is 3.17. The molecule has 0 radical (unpaired) electrons. The number of aliphatic hydroxyl groups is 1. The number of ether oxygens (including phenoxy) is 3. The number of sulfonamides is 1. The Hall–Kier alpha value is -2.37. The molecular formula is C36H49ClN2O7S. The van der Waals surface area contributed by atoms with Crippen LogP contribution in [0.2, 0.25) is 5.02 Å². The lowest BCUT2D eigenvalue weighted by Crippen LogP contribution is -2.54. The highest BCUT2D eigenvalue weighted by molar-refractivity contribution is 7.90. The van der Waals surface area contributed by atoms with E-state index < -0.39 is 26.8 Å². The molecule has 4 aliphatic rings. The van der Waals surface area contributed by atoms with Crippen molar-refractivity contribution in [1.82, 2.24) is 4.72 Å². The second-order valence-electron chi connectivity index (χ2n) is 14.4. The SMILES string of the molecule is COCCOC[C@@]1(O)CCC[C@H](C)[C@@H](C)S(=O)(=O)NC(=O)c2ccc3c(c2)N(C[C@@H]2CC[C@H]21)C[C@@]1(CCCc2cc(Cl)ccc21)CO3. The summed E-state index contributed by atoms with van der Waals surface area (Å²) >= 11 is 6.43. The van der Waals surface area contributed by atoms with Crippen LogP contribution in [0.5, 0.6) is 5.75 Å². The van der Waals surface area contributed by atoms with Crippen LogP contribution >= 0.6 is 11.6 Å². The van der Waals surface area contributed by atoms with Crippen LogP contribution in [0.4, 0.5) is 5.69 Å². The number of nitrogens with zero attached hydrogens (tertiary/aromatic N) is 1. The lowest BCUT2D eigenvalue weighted by molar-refractivity contribution is -0.135. The first-order valence-electron chi connectivity index (χ1n) is 17.1. The van der Waals surface area contributed by atoms with E-state index >= 15 is 0 Å². The molecule has 1 spiro atoms. The van der Waals surface area contributed by atoms with Crippen molar-refractivity contribution in [2.75, 3.05) is 51.5 Å². The third-order valence-electron chi connectivity index (χ3n) is 11.4. The predicted octanol–water partition coefficient (Wildman–Crippen LogP) is 5.50. The van der Waals surface area contributed by atoms with Gasteiger partial charge in [-0.1, -0.05) is 31.0 Å². The van der Waals surface area contributed by atoms with E-state index in [1.54, 1.807) is 32.2 Å².